The van der Waals surface area contributed by atoms with E-state index in [0.717, 1.165) is 0 Å². The molecule has 1 rings (SSSR count). The predicted molar refractivity (Wildman–Crippen MR) is 66.1 cm³/mol. The van der Waals surface area contributed by atoms with Crippen molar-refractivity contribution in [2.24, 2.45) is 0 Å². The fraction of sp³-hybridized carbons (Fsp3) is 0.417. The van der Waals surface area contributed by atoms with E-state index in [1.54, 1.807) is 12.1 Å². The zero-order chi connectivity index (χ0) is 12.2. The van der Waals surface area contributed by atoms with Gasteiger partial charge in [-0.15, -0.1) is 0 Å². The molecular formula is C12H15BrFNO. The molecule has 88 valence electrons. The summed E-state index contributed by atoms with van der Waals surface area (Å²) in [6.45, 7) is 3.84. The van der Waals surface area contributed by atoms with Gasteiger partial charge in [0, 0.05) is 10.9 Å². The summed E-state index contributed by atoms with van der Waals surface area (Å²) >= 11 is 3.32. The van der Waals surface area contributed by atoms with Crippen LogP contribution in [0.25, 0.3) is 0 Å². The molecule has 2 nitrogen and oxygen atoms in total. The van der Waals surface area contributed by atoms with Gasteiger partial charge in [-0.3, -0.25) is 4.79 Å². The maximum atomic E-state index is 12.9. The monoisotopic (exact) mass is 287 g/mol. The number of carbonyl (C=O) groups is 1. The molecule has 0 fully saturated rings. The molecule has 0 unspecified atom stereocenters. The zero-order valence-electron chi connectivity index (χ0n) is 9.39. The minimum absolute atomic E-state index is 0.102. The molecule has 1 aromatic carbocycles. The van der Waals surface area contributed by atoms with Crippen molar-refractivity contribution < 1.29 is 9.18 Å². The third-order valence-corrected chi connectivity index (χ3v) is 3.47. The Bertz CT molecular complexity index is 379. The molecule has 0 saturated carbocycles. The number of carbonyl (C=O) groups excluding carboxylic acids is 1. The molecule has 0 aliphatic heterocycles. The Balaban J connectivity index is 2.59. The SMILES string of the molecule is CC(C)(CBr)NC(=O)Cc1cccc(F)c1. The number of hydrogen-bond acceptors (Lipinski definition) is 1. The molecule has 0 saturated heterocycles. The molecule has 0 aliphatic rings. The lowest BCUT2D eigenvalue weighted by Gasteiger charge is -2.23. The first-order valence-corrected chi connectivity index (χ1v) is 6.16. The Morgan fingerprint density at radius 3 is 2.75 bits per heavy atom. The maximum Gasteiger partial charge on any atom is 0.224 e. The van der Waals surface area contributed by atoms with Gasteiger partial charge in [0.05, 0.1) is 6.42 Å². The van der Waals surface area contributed by atoms with Crippen molar-refractivity contribution in [1.29, 1.82) is 0 Å². The van der Waals surface area contributed by atoms with E-state index in [1.807, 2.05) is 13.8 Å². The highest BCUT2D eigenvalue weighted by molar-refractivity contribution is 9.09. The van der Waals surface area contributed by atoms with E-state index >= 15 is 0 Å². The highest BCUT2D eigenvalue weighted by Crippen LogP contribution is 2.08. The minimum atomic E-state index is -0.315. The van der Waals surface area contributed by atoms with Crippen LogP contribution >= 0.6 is 15.9 Å². The Morgan fingerprint density at radius 2 is 2.19 bits per heavy atom. The molecule has 1 amide bonds. The molecule has 0 heterocycles. The number of hydrogen-bond donors (Lipinski definition) is 1. The van der Waals surface area contributed by atoms with Gasteiger partial charge in [0.1, 0.15) is 5.82 Å². The van der Waals surface area contributed by atoms with E-state index in [-0.39, 0.29) is 23.7 Å². The van der Waals surface area contributed by atoms with E-state index < -0.39 is 0 Å². The van der Waals surface area contributed by atoms with Crippen LogP contribution in [0.2, 0.25) is 0 Å². The quantitative estimate of drug-likeness (QED) is 0.848. The summed E-state index contributed by atoms with van der Waals surface area (Å²) in [7, 11) is 0. The van der Waals surface area contributed by atoms with E-state index in [0.29, 0.717) is 10.9 Å². The van der Waals surface area contributed by atoms with E-state index in [9.17, 15) is 9.18 Å². The van der Waals surface area contributed by atoms with Crippen molar-refractivity contribution in [3.63, 3.8) is 0 Å². The van der Waals surface area contributed by atoms with E-state index in [2.05, 4.69) is 21.2 Å². The molecule has 1 N–H and O–H groups in total. The summed E-state index contributed by atoms with van der Waals surface area (Å²) in [5.74, 6) is -0.417. The smallest absolute Gasteiger partial charge is 0.224 e. The van der Waals surface area contributed by atoms with Crippen molar-refractivity contribution in [2.75, 3.05) is 5.33 Å². The lowest BCUT2D eigenvalue weighted by Crippen LogP contribution is -2.45. The fourth-order valence-electron chi connectivity index (χ4n) is 1.29. The minimum Gasteiger partial charge on any atom is -0.350 e. The zero-order valence-corrected chi connectivity index (χ0v) is 11.0. The van der Waals surface area contributed by atoms with Gasteiger partial charge in [0.25, 0.3) is 0 Å². The summed E-state index contributed by atoms with van der Waals surface area (Å²) in [5.41, 5.74) is 0.396. The van der Waals surface area contributed by atoms with Crippen molar-refractivity contribution in [1.82, 2.24) is 5.32 Å². The molecule has 0 atom stereocenters. The molecule has 1 aromatic rings. The lowest BCUT2D eigenvalue weighted by molar-refractivity contribution is -0.121. The van der Waals surface area contributed by atoms with Crippen molar-refractivity contribution in [3.8, 4) is 0 Å². The van der Waals surface area contributed by atoms with Gasteiger partial charge in [0.2, 0.25) is 5.91 Å². The molecule has 0 aliphatic carbocycles. The summed E-state index contributed by atoms with van der Waals surface area (Å²) in [6, 6.07) is 6.09. The first-order valence-electron chi connectivity index (χ1n) is 5.04. The van der Waals surface area contributed by atoms with Gasteiger partial charge >= 0.3 is 0 Å². The topological polar surface area (TPSA) is 29.1 Å². The van der Waals surface area contributed by atoms with Crippen LogP contribution in [-0.2, 0) is 11.2 Å². The largest absolute Gasteiger partial charge is 0.350 e. The number of rotatable bonds is 4. The summed E-state index contributed by atoms with van der Waals surface area (Å²) in [6.07, 6.45) is 0.203. The van der Waals surface area contributed by atoms with Crippen molar-refractivity contribution in [2.45, 2.75) is 25.8 Å². The fourth-order valence-corrected chi connectivity index (χ4v) is 1.43. The maximum absolute atomic E-state index is 12.9. The van der Waals surface area contributed by atoms with Gasteiger partial charge in [0.15, 0.2) is 0 Å². The normalized spacial score (nSPS) is 11.2. The van der Waals surface area contributed by atoms with Crippen LogP contribution in [0.3, 0.4) is 0 Å². The lowest BCUT2D eigenvalue weighted by atomic mass is 10.1. The second-order valence-corrected chi connectivity index (χ2v) is 4.93. The van der Waals surface area contributed by atoms with E-state index in [1.165, 1.54) is 12.1 Å². The Morgan fingerprint density at radius 1 is 1.50 bits per heavy atom. The van der Waals surface area contributed by atoms with Crippen LogP contribution in [0.4, 0.5) is 4.39 Å². The number of nitrogens with one attached hydrogen (secondary N) is 1. The Hall–Kier alpha value is -0.900. The van der Waals surface area contributed by atoms with Crippen LogP contribution < -0.4 is 5.32 Å². The summed E-state index contributed by atoms with van der Waals surface area (Å²) < 4.78 is 12.9. The highest BCUT2D eigenvalue weighted by Gasteiger charge is 2.18. The number of amides is 1. The summed E-state index contributed by atoms with van der Waals surface area (Å²) in [4.78, 5) is 11.6. The van der Waals surface area contributed by atoms with Crippen LogP contribution in [0.1, 0.15) is 19.4 Å². The Kier molecular flexibility index (Phi) is 4.47. The molecule has 0 radical (unpaired) electrons. The predicted octanol–water partition coefficient (Wildman–Crippen LogP) is 2.66. The number of benzene rings is 1. The van der Waals surface area contributed by atoms with Gasteiger partial charge < -0.3 is 5.32 Å². The van der Waals surface area contributed by atoms with Crippen LogP contribution in [-0.4, -0.2) is 16.8 Å². The van der Waals surface area contributed by atoms with Gasteiger partial charge in [-0.25, -0.2) is 4.39 Å². The van der Waals surface area contributed by atoms with Crippen molar-refractivity contribution >= 4 is 21.8 Å². The van der Waals surface area contributed by atoms with Crippen LogP contribution in [0, 0.1) is 5.82 Å². The number of halogens is 2. The molecule has 0 spiro atoms. The summed E-state index contributed by atoms with van der Waals surface area (Å²) in [5, 5.41) is 3.54. The Labute approximate surface area is 103 Å². The molecule has 0 bridgehead atoms. The molecular weight excluding hydrogens is 273 g/mol. The molecule has 0 aromatic heterocycles. The third kappa shape index (κ3) is 4.31. The second kappa shape index (κ2) is 5.43. The third-order valence-electron chi connectivity index (χ3n) is 2.07. The van der Waals surface area contributed by atoms with Crippen LogP contribution in [0.5, 0.6) is 0 Å². The van der Waals surface area contributed by atoms with E-state index in [4.69, 9.17) is 0 Å². The number of alkyl halides is 1. The van der Waals surface area contributed by atoms with Gasteiger partial charge in [-0.05, 0) is 31.5 Å². The van der Waals surface area contributed by atoms with Crippen LogP contribution in [0.15, 0.2) is 24.3 Å². The van der Waals surface area contributed by atoms with Crippen molar-refractivity contribution in [3.05, 3.63) is 35.6 Å². The molecule has 16 heavy (non-hydrogen) atoms. The average Bonchev–Trinajstić information content (AvgIpc) is 2.16. The highest BCUT2D eigenvalue weighted by atomic mass is 79.9. The first kappa shape index (κ1) is 13.2. The second-order valence-electron chi connectivity index (χ2n) is 4.37. The van der Waals surface area contributed by atoms with Gasteiger partial charge in [-0.1, -0.05) is 28.1 Å². The average molecular weight is 288 g/mol. The first-order chi connectivity index (χ1) is 7.43. The van der Waals surface area contributed by atoms with Gasteiger partial charge in [-0.2, -0.15) is 0 Å². The standard InChI is InChI=1S/C12H15BrFNO/c1-12(2,8-13)15-11(16)7-9-4-3-5-10(14)6-9/h3-6H,7-8H2,1-2H3,(H,15,16). The molecule has 4 heteroatoms.